The van der Waals surface area contributed by atoms with Gasteiger partial charge in [-0.3, -0.25) is 9.59 Å². The number of hydrogen-bond acceptors (Lipinski definition) is 4. The number of hydrogen-bond donors (Lipinski definition) is 3. The Labute approximate surface area is 167 Å². The van der Waals surface area contributed by atoms with Crippen molar-refractivity contribution in [1.82, 2.24) is 10.6 Å². The molecule has 1 aromatic heterocycles. The Morgan fingerprint density at radius 3 is 2.39 bits per heavy atom. The number of carboxylic acid groups (broad SMARTS) is 1. The van der Waals surface area contributed by atoms with E-state index in [0.29, 0.717) is 10.6 Å². The Balaban J connectivity index is 2.28. The summed E-state index contributed by atoms with van der Waals surface area (Å²) in [5.41, 5.74) is 0.490. The van der Waals surface area contributed by atoms with E-state index in [1.54, 1.807) is 30.3 Å². The molecule has 0 spiro atoms. The molecule has 1 atom stereocenters. The van der Waals surface area contributed by atoms with Crippen LogP contribution in [0.4, 0.5) is 0 Å². The number of nitrogens with one attached hydrogen (secondary N) is 2. The maximum absolute atomic E-state index is 12.7. The monoisotopic (exact) mass is 404 g/mol. The molecule has 3 N–H and O–H groups in total. The maximum Gasteiger partial charge on any atom is 0.326 e. The first kappa shape index (κ1) is 21.2. The minimum absolute atomic E-state index is 0.0202. The van der Waals surface area contributed by atoms with Crippen LogP contribution in [0, 0.1) is 5.92 Å². The fourth-order valence-corrected chi connectivity index (χ4v) is 2.53. The number of halogens is 1. The summed E-state index contributed by atoms with van der Waals surface area (Å²) in [4.78, 5) is 36.4. The molecular formula is C20H21ClN2O5. The molecule has 1 heterocycles. The van der Waals surface area contributed by atoms with Crippen molar-refractivity contribution in [1.29, 1.82) is 0 Å². The Bertz CT molecular complexity index is 857. The highest BCUT2D eigenvalue weighted by atomic mass is 35.5. The molecule has 28 heavy (non-hydrogen) atoms. The van der Waals surface area contributed by atoms with E-state index in [4.69, 9.17) is 16.0 Å². The highest BCUT2D eigenvalue weighted by Gasteiger charge is 2.24. The topological polar surface area (TPSA) is 109 Å². The van der Waals surface area contributed by atoms with Crippen LogP contribution in [0.25, 0.3) is 6.08 Å². The van der Waals surface area contributed by atoms with Gasteiger partial charge in [0.25, 0.3) is 11.8 Å². The van der Waals surface area contributed by atoms with Gasteiger partial charge < -0.3 is 20.2 Å². The number of benzene rings is 1. The molecule has 0 radical (unpaired) electrons. The van der Waals surface area contributed by atoms with E-state index in [9.17, 15) is 19.5 Å². The van der Waals surface area contributed by atoms with E-state index >= 15 is 0 Å². The molecule has 0 bridgehead atoms. The Morgan fingerprint density at radius 2 is 1.86 bits per heavy atom. The second-order valence-corrected chi connectivity index (χ2v) is 6.97. The van der Waals surface area contributed by atoms with E-state index in [2.05, 4.69) is 10.6 Å². The van der Waals surface area contributed by atoms with Gasteiger partial charge in [0.1, 0.15) is 11.7 Å². The van der Waals surface area contributed by atoms with Crippen LogP contribution in [0.2, 0.25) is 5.02 Å². The largest absolute Gasteiger partial charge is 0.480 e. The smallest absolute Gasteiger partial charge is 0.326 e. The fraction of sp³-hybridized carbons (Fsp3) is 0.250. The van der Waals surface area contributed by atoms with Crippen LogP contribution in [0.5, 0.6) is 0 Å². The first-order valence-electron chi connectivity index (χ1n) is 8.62. The van der Waals surface area contributed by atoms with Crippen LogP contribution >= 0.6 is 11.6 Å². The third-order valence-corrected chi connectivity index (χ3v) is 3.98. The molecule has 0 aliphatic heterocycles. The number of amides is 2. The molecule has 7 nitrogen and oxygen atoms in total. The first-order chi connectivity index (χ1) is 13.3. The molecule has 148 valence electrons. The van der Waals surface area contributed by atoms with E-state index in [0.717, 1.165) is 0 Å². The van der Waals surface area contributed by atoms with Crippen LogP contribution in [-0.4, -0.2) is 28.9 Å². The Morgan fingerprint density at radius 1 is 1.18 bits per heavy atom. The average molecular weight is 405 g/mol. The van der Waals surface area contributed by atoms with Crippen molar-refractivity contribution >= 4 is 35.5 Å². The van der Waals surface area contributed by atoms with Gasteiger partial charge in [0.2, 0.25) is 0 Å². The van der Waals surface area contributed by atoms with Crippen molar-refractivity contribution in [2.45, 2.75) is 26.3 Å². The van der Waals surface area contributed by atoms with Crippen molar-refractivity contribution < 1.29 is 23.9 Å². The standard InChI is InChI=1S/C20H21ClN2O5/c1-12(2)10-16(20(26)27)23-18(24)15(11-13-5-7-14(21)8-6-13)22-19(25)17-4-3-9-28-17/h3-9,11-12,16H,10H2,1-2H3,(H,22,25)(H,23,24)(H,26,27)/b15-11+/t16-/m0/s1. The Kier molecular flexibility index (Phi) is 7.40. The molecule has 2 amide bonds. The zero-order chi connectivity index (χ0) is 20.7. The van der Waals surface area contributed by atoms with Crippen molar-refractivity contribution in [2.75, 3.05) is 0 Å². The Hall–Kier alpha value is -3.06. The third kappa shape index (κ3) is 6.28. The molecule has 8 heteroatoms. The van der Waals surface area contributed by atoms with E-state index in [1.165, 1.54) is 18.4 Å². The van der Waals surface area contributed by atoms with E-state index in [1.807, 2.05) is 13.8 Å². The lowest BCUT2D eigenvalue weighted by molar-refractivity contribution is -0.141. The molecule has 2 aromatic rings. The van der Waals surface area contributed by atoms with Gasteiger partial charge in [-0.1, -0.05) is 37.6 Å². The minimum atomic E-state index is -1.15. The average Bonchev–Trinajstić information content (AvgIpc) is 3.16. The van der Waals surface area contributed by atoms with Crippen molar-refractivity contribution in [3.05, 3.63) is 64.7 Å². The molecule has 0 aliphatic carbocycles. The molecule has 2 rings (SSSR count). The summed E-state index contributed by atoms with van der Waals surface area (Å²) < 4.78 is 5.03. The summed E-state index contributed by atoms with van der Waals surface area (Å²) in [6.07, 6.45) is 3.02. The lowest BCUT2D eigenvalue weighted by atomic mass is 10.0. The number of furan rings is 1. The second-order valence-electron chi connectivity index (χ2n) is 6.53. The van der Waals surface area contributed by atoms with Gasteiger partial charge in [-0.25, -0.2) is 4.79 Å². The van der Waals surface area contributed by atoms with Gasteiger partial charge in [0.15, 0.2) is 5.76 Å². The predicted octanol–water partition coefficient (Wildman–Crippen LogP) is 3.32. The maximum atomic E-state index is 12.7. The van der Waals surface area contributed by atoms with Gasteiger partial charge in [-0.15, -0.1) is 0 Å². The number of aliphatic carboxylic acids is 1. The quantitative estimate of drug-likeness (QED) is 0.585. The molecule has 0 saturated heterocycles. The summed E-state index contributed by atoms with van der Waals surface area (Å²) in [6.45, 7) is 3.70. The summed E-state index contributed by atoms with van der Waals surface area (Å²) in [5, 5.41) is 14.8. The molecule has 1 aromatic carbocycles. The number of carboxylic acids is 1. The minimum Gasteiger partial charge on any atom is -0.480 e. The van der Waals surface area contributed by atoms with Gasteiger partial charge >= 0.3 is 5.97 Å². The van der Waals surface area contributed by atoms with Crippen molar-refractivity contribution in [3.63, 3.8) is 0 Å². The van der Waals surface area contributed by atoms with Gasteiger partial charge in [-0.05, 0) is 48.2 Å². The summed E-state index contributed by atoms with van der Waals surface area (Å²) in [5.74, 6) is -2.42. The molecule has 0 unspecified atom stereocenters. The first-order valence-corrected chi connectivity index (χ1v) is 9.00. The van der Waals surface area contributed by atoms with Crippen molar-refractivity contribution in [2.24, 2.45) is 5.92 Å². The third-order valence-electron chi connectivity index (χ3n) is 3.73. The van der Waals surface area contributed by atoms with Gasteiger partial charge in [-0.2, -0.15) is 0 Å². The van der Waals surface area contributed by atoms with Crippen LogP contribution in [-0.2, 0) is 9.59 Å². The molecular weight excluding hydrogens is 384 g/mol. The van der Waals surface area contributed by atoms with E-state index < -0.39 is 23.8 Å². The van der Waals surface area contributed by atoms with Crippen molar-refractivity contribution in [3.8, 4) is 0 Å². The van der Waals surface area contributed by atoms with Gasteiger partial charge in [0.05, 0.1) is 6.26 Å². The SMILES string of the molecule is CC(C)C[C@H](NC(=O)/C(=C\c1ccc(Cl)cc1)NC(=O)c1ccco1)C(=O)O. The van der Waals surface area contributed by atoms with Crippen LogP contribution < -0.4 is 10.6 Å². The number of carbonyl (C=O) groups excluding carboxylic acids is 2. The van der Waals surface area contributed by atoms with Crippen LogP contribution in [0.3, 0.4) is 0 Å². The fourth-order valence-electron chi connectivity index (χ4n) is 2.40. The molecule has 0 aliphatic rings. The molecule has 0 saturated carbocycles. The molecule has 0 fully saturated rings. The summed E-state index contributed by atoms with van der Waals surface area (Å²) >= 11 is 5.87. The summed E-state index contributed by atoms with van der Waals surface area (Å²) in [6, 6.07) is 8.51. The highest BCUT2D eigenvalue weighted by Crippen LogP contribution is 2.13. The highest BCUT2D eigenvalue weighted by molar-refractivity contribution is 6.30. The van der Waals surface area contributed by atoms with Gasteiger partial charge in [0, 0.05) is 5.02 Å². The second kappa shape index (κ2) is 9.75. The lowest BCUT2D eigenvalue weighted by Crippen LogP contribution is -2.44. The normalized spacial score (nSPS) is 12.5. The number of rotatable bonds is 8. The lowest BCUT2D eigenvalue weighted by Gasteiger charge is -2.18. The van der Waals surface area contributed by atoms with E-state index in [-0.39, 0.29) is 23.8 Å². The van der Waals surface area contributed by atoms with Crippen LogP contribution in [0.1, 0.15) is 36.4 Å². The predicted molar refractivity (Wildman–Crippen MR) is 105 cm³/mol. The zero-order valence-corrected chi connectivity index (χ0v) is 16.2. The summed E-state index contributed by atoms with van der Waals surface area (Å²) in [7, 11) is 0. The number of carbonyl (C=O) groups is 3. The van der Waals surface area contributed by atoms with Crippen LogP contribution in [0.15, 0.2) is 52.8 Å². The zero-order valence-electron chi connectivity index (χ0n) is 15.4.